The Morgan fingerprint density at radius 3 is 2.76 bits per heavy atom. The minimum absolute atomic E-state index is 0.368. The Balaban J connectivity index is 2.35. The molecule has 0 bridgehead atoms. The van der Waals surface area contributed by atoms with Gasteiger partial charge in [-0.3, -0.25) is 14.3 Å². The summed E-state index contributed by atoms with van der Waals surface area (Å²) >= 11 is 4.14. The van der Waals surface area contributed by atoms with Gasteiger partial charge in [0.2, 0.25) is 0 Å². The molecule has 0 aromatic carbocycles. The molecule has 8 heteroatoms. The summed E-state index contributed by atoms with van der Waals surface area (Å²) in [6.45, 7) is -0.368. The highest BCUT2D eigenvalue weighted by atomic mass is 32.1. The van der Waals surface area contributed by atoms with Crippen LogP contribution in [0.4, 0.5) is 0 Å². The SMILES string of the molecule is O=c1ccn([C@@H]2O[C@H](CO)[C@@H](O)[C@@H]2S)c(=O)[nH]1. The van der Waals surface area contributed by atoms with E-state index in [0.717, 1.165) is 4.57 Å². The Bertz CT molecular complexity index is 513. The largest absolute Gasteiger partial charge is 0.394 e. The maximum Gasteiger partial charge on any atom is 0.330 e. The van der Waals surface area contributed by atoms with Gasteiger partial charge in [0.05, 0.1) is 18.0 Å². The topological polar surface area (TPSA) is 105 Å². The first-order valence-electron chi connectivity index (χ1n) is 4.98. The van der Waals surface area contributed by atoms with Crippen molar-refractivity contribution in [3.63, 3.8) is 0 Å². The summed E-state index contributed by atoms with van der Waals surface area (Å²) in [7, 11) is 0. The summed E-state index contributed by atoms with van der Waals surface area (Å²) in [6.07, 6.45) is -1.33. The Kier molecular flexibility index (Phi) is 3.38. The van der Waals surface area contributed by atoms with Crippen molar-refractivity contribution in [2.24, 2.45) is 0 Å². The van der Waals surface area contributed by atoms with E-state index in [-0.39, 0.29) is 6.61 Å². The summed E-state index contributed by atoms with van der Waals surface area (Å²) in [5.41, 5.74) is -1.16. The number of H-pyrrole nitrogens is 1. The van der Waals surface area contributed by atoms with E-state index in [1.807, 2.05) is 0 Å². The van der Waals surface area contributed by atoms with Crippen LogP contribution in [-0.4, -0.2) is 43.8 Å². The number of ether oxygens (including phenoxy) is 1. The van der Waals surface area contributed by atoms with Crippen molar-refractivity contribution in [1.29, 1.82) is 0 Å². The predicted molar refractivity (Wildman–Crippen MR) is 61.1 cm³/mol. The van der Waals surface area contributed by atoms with E-state index in [2.05, 4.69) is 17.6 Å². The molecule has 2 rings (SSSR count). The molecule has 94 valence electrons. The molecule has 1 fully saturated rings. The third kappa shape index (κ3) is 2.16. The van der Waals surface area contributed by atoms with Gasteiger partial charge in [0, 0.05) is 12.3 Å². The summed E-state index contributed by atoms with van der Waals surface area (Å²) in [5.74, 6) is 0. The molecule has 0 spiro atoms. The highest BCUT2D eigenvalue weighted by molar-refractivity contribution is 7.81. The van der Waals surface area contributed by atoms with Crippen molar-refractivity contribution in [3.05, 3.63) is 33.1 Å². The van der Waals surface area contributed by atoms with Gasteiger partial charge in [-0.05, 0) is 0 Å². The number of aliphatic hydroxyl groups excluding tert-OH is 2. The Morgan fingerprint density at radius 2 is 2.24 bits per heavy atom. The fourth-order valence-electron chi connectivity index (χ4n) is 1.74. The van der Waals surface area contributed by atoms with Gasteiger partial charge in [-0.15, -0.1) is 0 Å². The van der Waals surface area contributed by atoms with Crippen molar-refractivity contribution in [3.8, 4) is 0 Å². The lowest BCUT2D eigenvalue weighted by molar-refractivity contribution is -0.0457. The second-order valence-corrected chi connectivity index (χ2v) is 4.34. The standard InChI is InChI=1S/C9H12N2O5S/c12-3-4-6(14)7(17)8(16-4)11-2-1-5(13)10-9(11)15/h1-2,4,6-8,12,14,17H,3H2,(H,10,13,15)/t4-,6-,7+,8-/m1/s1. The Morgan fingerprint density at radius 1 is 1.53 bits per heavy atom. The summed E-state index contributed by atoms with van der Waals surface area (Å²) in [6, 6.07) is 1.17. The Labute approximate surface area is 101 Å². The van der Waals surface area contributed by atoms with Crippen LogP contribution >= 0.6 is 12.6 Å². The fourth-order valence-corrected chi connectivity index (χ4v) is 2.14. The molecule has 0 unspecified atom stereocenters. The van der Waals surface area contributed by atoms with Crippen molar-refractivity contribution in [1.82, 2.24) is 9.55 Å². The molecule has 0 amide bonds. The van der Waals surface area contributed by atoms with Crippen LogP contribution in [0, 0.1) is 0 Å². The molecule has 1 aliphatic rings. The summed E-state index contributed by atoms with van der Waals surface area (Å²) < 4.78 is 6.43. The van der Waals surface area contributed by atoms with Crippen LogP contribution < -0.4 is 11.2 Å². The zero-order valence-electron chi connectivity index (χ0n) is 8.68. The average molecular weight is 260 g/mol. The zero-order valence-corrected chi connectivity index (χ0v) is 9.58. The van der Waals surface area contributed by atoms with Crippen LogP contribution in [0.1, 0.15) is 6.23 Å². The first-order valence-corrected chi connectivity index (χ1v) is 5.50. The van der Waals surface area contributed by atoms with Crippen LogP contribution in [-0.2, 0) is 4.74 Å². The number of nitrogens with one attached hydrogen (secondary N) is 1. The maximum absolute atomic E-state index is 11.5. The van der Waals surface area contributed by atoms with E-state index in [1.54, 1.807) is 0 Å². The molecule has 0 radical (unpaired) electrons. The monoisotopic (exact) mass is 260 g/mol. The van der Waals surface area contributed by atoms with Crippen LogP contribution in [0.3, 0.4) is 0 Å². The van der Waals surface area contributed by atoms with Gasteiger partial charge in [0.1, 0.15) is 6.10 Å². The number of aromatic amines is 1. The summed E-state index contributed by atoms with van der Waals surface area (Å²) in [5, 5.41) is 18.0. The minimum atomic E-state index is -0.979. The third-order valence-electron chi connectivity index (χ3n) is 2.64. The number of nitrogens with zero attached hydrogens (tertiary/aromatic N) is 1. The molecule has 0 saturated carbocycles. The predicted octanol–water partition coefficient (Wildman–Crippen LogP) is -1.91. The van der Waals surface area contributed by atoms with E-state index in [9.17, 15) is 14.7 Å². The molecule has 1 aromatic rings. The van der Waals surface area contributed by atoms with E-state index in [0.29, 0.717) is 0 Å². The first-order chi connectivity index (χ1) is 8.04. The molecular formula is C9H12N2O5S. The molecular weight excluding hydrogens is 248 g/mol. The lowest BCUT2D eigenvalue weighted by Gasteiger charge is -2.16. The van der Waals surface area contributed by atoms with E-state index in [4.69, 9.17) is 9.84 Å². The highest BCUT2D eigenvalue weighted by Crippen LogP contribution is 2.31. The van der Waals surface area contributed by atoms with E-state index < -0.39 is 34.9 Å². The van der Waals surface area contributed by atoms with Gasteiger partial charge in [-0.2, -0.15) is 12.6 Å². The normalized spacial score (nSPS) is 32.9. The quantitative estimate of drug-likeness (QED) is 0.464. The van der Waals surface area contributed by atoms with Crippen molar-refractivity contribution in [2.45, 2.75) is 23.7 Å². The smallest absolute Gasteiger partial charge is 0.330 e. The number of rotatable bonds is 2. The second kappa shape index (κ2) is 4.65. The van der Waals surface area contributed by atoms with Gasteiger partial charge in [0.25, 0.3) is 5.56 Å². The molecule has 1 aliphatic heterocycles. The van der Waals surface area contributed by atoms with Crippen molar-refractivity contribution in [2.75, 3.05) is 6.61 Å². The number of thiol groups is 1. The van der Waals surface area contributed by atoms with E-state index in [1.165, 1.54) is 12.3 Å². The minimum Gasteiger partial charge on any atom is -0.394 e. The van der Waals surface area contributed by atoms with Crippen LogP contribution in [0.25, 0.3) is 0 Å². The summed E-state index contributed by atoms with van der Waals surface area (Å²) in [4.78, 5) is 24.5. The lowest BCUT2D eigenvalue weighted by Crippen LogP contribution is -2.35. The average Bonchev–Trinajstić information content (AvgIpc) is 2.57. The molecule has 1 aromatic heterocycles. The molecule has 4 atom stereocenters. The van der Waals surface area contributed by atoms with Crippen LogP contribution in [0.15, 0.2) is 21.9 Å². The zero-order chi connectivity index (χ0) is 12.6. The number of hydrogen-bond donors (Lipinski definition) is 4. The van der Waals surface area contributed by atoms with Gasteiger partial charge in [-0.25, -0.2) is 4.79 Å². The van der Waals surface area contributed by atoms with Crippen LogP contribution in [0.5, 0.6) is 0 Å². The van der Waals surface area contributed by atoms with E-state index >= 15 is 0 Å². The third-order valence-corrected chi connectivity index (χ3v) is 3.20. The number of aliphatic hydroxyl groups is 2. The second-order valence-electron chi connectivity index (χ2n) is 3.75. The van der Waals surface area contributed by atoms with Gasteiger partial charge >= 0.3 is 5.69 Å². The molecule has 7 nitrogen and oxygen atoms in total. The number of aromatic nitrogens is 2. The van der Waals surface area contributed by atoms with Crippen molar-refractivity contribution < 1.29 is 14.9 Å². The maximum atomic E-state index is 11.5. The first kappa shape index (κ1) is 12.4. The molecule has 2 heterocycles. The van der Waals surface area contributed by atoms with Gasteiger partial charge in [-0.1, -0.05) is 0 Å². The Hall–Kier alpha value is -1.09. The molecule has 1 saturated heterocycles. The molecule has 17 heavy (non-hydrogen) atoms. The van der Waals surface area contributed by atoms with Gasteiger partial charge < -0.3 is 14.9 Å². The number of hydrogen-bond acceptors (Lipinski definition) is 6. The molecule has 0 aliphatic carbocycles. The lowest BCUT2D eigenvalue weighted by atomic mass is 10.2. The van der Waals surface area contributed by atoms with Crippen LogP contribution in [0.2, 0.25) is 0 Å². The van der Waals surface area contributed by atoms with Gasteiger partial charge in [0.15, 0.2) is 6.23 Å². The highest BCUT2D eigenvalue weighted by Gasteiger charge is 2.42. The molecule has 3 N–H and O–H groups in total. The fraction of sp³-hybridized carbons (Fsp3) is 0.556. The van der Waals surface area contributed by atoms with Crippen molar-refractivity contribution >= 4 is 12.6 Å².